The molecule has 0 saturated carbocycles. The Morgan fingerprint density at radius 3 is 2.74 bits per heavy atom. The number of benzene rings is 2. The van der Waals surface area contributed by atoms with Gasteiger partial charge < -0.3 is 15.2 Å². The highest BCUT2D eigenvalue weighted by atomic mass is 16.5. The Morgan fingerprint density at radius 2 is 1.96 bits per heavy atom. The predicted octanol–water partition coefficient (Wildman–Crippen LogP) is 4.20. The molecule has 120 valence electrons. The summed E-state index contributed by atoms with van der Waals surface area (Å²) in [4.78, 5) is 12.9. The molecule has 1 heterocycles. The highest BCUT2D eigenvalue weighted by molar-refractivity contribution is 6.01. The number of rotatable bonds is 5. The largest absolute Gasteiger partial charge is 0.508 e. The van der Waals surface area contributed by atoms with Crippen LogP contribution in [0, 0.1) is 0 Å². The number of carbonyl (C=O) groups is 1. The Kier molecular flexibility index (Phi) is 4.24. The van der Waals surface area contributed by atoms with Crippen LogP contribution in [0.3, 0.4) is 0 Å². The number of unbranched alkanes of at least 4 members (excludes halogenated alkanes) is 2. The van der Waals surface area contributed by atoms with Gasteiger partial charge in [0.2, 0.25) is 5.60 Å². The van der Waals surface area contributed by atoms with Crippen LogP contribution in [0.4, 0.5) is 5.69 Å². The number of ether oxygens (including phenoxy) is 1. The highest BCUT2D eigenvalue weighted by Crippen LogP contribution is 2.42. The zero-order chi connectivity index (χ0) is 16.3. The van der Waals surface area contributed by atoms with E-state index in [-0.39, 0.29) is 11.7 Å². The highest BCUT2D eigenvalue weighted by Gasteiger charge is 2.45. The Labute approximate surface area is 136 Å². The van der Waals surface area contributed by atoms with E-state index in [1.807, 2.05) is 30.3 Å². The molecule has 1 aliphatic heterocycles. The van der Waals surface area contributed by atoms with Crippen LogP contribution < -0.4 is 10.1 Å². The fourth-order valence-electron chi connectivity index (χ4n) is 3.00. The van der Waals surface area contributed by atoms with Gasteiger partial charge in [-0.25, -0.2) is 0 Å². The van der Waals surface area contributed by atoms with Gasteiger partial charge in [-0.05, 0) is 30.7 Å². The number of phenolic OH excluding ortho intramolecular Hbond substituents is 1. The van der Waals surface area contributed by atoms with Gasteiger partial charge in [-0.1, -0.05) is 44.0 Å². The zero-order valence-corrected chi connectivity index (χ0v) is 13.2. The first kappa shape index (κ1) is 15.4. The van der Waals surface area contributed by atoms with Gasteiger partial charge in [-0.15, -0.1) is 0 Å². The van der Waals surface area contributed by atoms with Crippen molar-refractivity contribution in [2.24, 2.45) is 0 Å². The van der Waals surface area contributed by atoms with Crippen LogP contribution in [-0.4, -0.2) is 11.0 Å². The lowest BCUT2D eigenvalue weighted by Gasteiger charge is -2.38. The Morgan fingerprint density at radius 1 is 1.13 bits per heavy atom. The molecule has 0 bridgehead atoms. The van der Waals surface area contributed by atoms with E-state index >= 15 is 0 Å². The number of carbonyl (C=O) groups excluding carboxylic acids is 1. The number of amides is 1. The first-order chi connectivity index (χ1) is 11.2. The van der Waals surface area contributed by atoms with Crippen LogP contribution in [0.25, 0.3) is 0 Å². The van der Waals surface area contributed by atoms with Gasteiger partial charge >= 0.3 is 0 Å². The summed E-state index contributed by atoms with van der Waals surface area (Å²) in [5, 5.41) is 12.8. The predicted molar refractivity (Wildman–Crippen MR) is 89.6 cm³/mol. The van der Waals surface area contributed by atoms with Crippen molar-refractivity contribution in [3.63, 3.8) is 0 Å². The molecule has 4 nitrogen and oxygen atoms in total. The van der Waals surface area contributed by atoms with E-state index in [1.54, 1.807) is 18.2 Å². The van der Waals surface area contributed by atoms with Crippen LogP contribution >= 0.6 is 0 Å². The minimum Gasteiger partial charge on any atom is -0.508 e. The third-order valence-corrected chi connectivity index (χ3v) is 4.23. The minimum atomic E-state index is -1.09. The van der Waals surface area contributed by atoms with Gasteiger partial charge in [0.1, 0.15) is 11.5 Å². The van der Waals surface area contributed by atoms with E-state index < -0.39 is 5.60 Å². The number of aromatic hydroxyl groups is 1. The molecule has 1 amide bonds. The molecule has 1 unspecified atom stereocenters. The van der Waals surface area contributed by atoms with Gasteiger partial charge in [0.25, 0.3) is 5.91 Å². The Bertz CT molecular complexity index is 713. The number of anilines is 1. The van der Waals surface area contributed by atoms with Crippen molar-refractivity contribution in [2.75, 3.05) is 5.32 Å². The molecule has 4 heteroatoms. The second-order valence-corrected chi connectivity index (χ2v) is 5.89. The molecule has 2 N–H and O–H groups in total. The SMILES string of the molecule is CCCCCC1(c2cccc(O)c2)Oc2ccccc2NC1=O. The first-order valence-corrected chi connectivity index (χ1v) is 8.05. The quantitative estimate of drug-likeness (QED) is 0.814. The van der Waals surface area contributed by atoms with Crippen molar-refractivity contribution >= 4 is 11.6 Å². The fraction of sp³-hybridized carbons (Fsp3) is 0.316. The second kappa shape index (κ2) is 6.32. The molecular formula is C19H21NO3. The number of hydrogen-bond donors (Lipinski definition) is 2. The molecule has 0 spiro atoms. The van der Waals surface area contributed by atoms with Crippen molar-refractivity contribution in [2.45, 2.75) is 38.2 Å². The van der Waals surface area contributed by atoms with Crippen molar-refractivity contribution < 1.29 is 14.6 Å². The van der Waals surface area contributed by atoms with Gasteiger partial charge in [-0.3, -0.25) is 4.79 Å². The van der Waals surface area contributed by atoms with E-state index in [0.717, 1.165) is 19.3 Å². The summed E-state index contributed by atoms with van der Waals surface area (Å²) in [6, 6.07) is 14.2. The number of hydrogen-bond acceptors (Lipinski definition) is 3. The molecule has 3 rings (SSSR count). The Hall–Kier alpha value is -2.49. The summed E-state index contributed by atoms with van der Waals surface area (Å²) in [6.45, 7) is 2.12. The van der Waals surface area contributed by atoms with Crippen LogP contribution in [0.2, 0.25) is 0 Å². The molecule has 0 aromatic heterocycles. The lowest BCUT2D eigenvalue weighted by atomic mass is 9.85. The Balaban J connectivity index is 2.04. The maximum atomic E-state index is 12.9. The summed E-state index contributed by atoms with van der Waals surface area (Å²) in [6.07, 6.45) is 3.54. The molecule has 23 heavy (non-hydrogen) atoms. The number of fused-ring (bicyclic) bond motifs is 1. The molecule has 1 aliphatic rings. The monoisotopic (exact) mass is 311 g/mol. The average molecular weight is 311 g/mol. The third-order valence-electron chi connectivity index (χ3n) is 4.23. The zero-order valence-electron chi connectivity index (χ0n) is 13.2. The third kappa shape index (κ3) is 2.89. The van der Waals surface area contributed by atoms with E-state index in [4.69, 9.17) is 4.74 Å². The molecule has 1 atom stereocenters. The van der Waals surface area contributed by atoms with E-state index in [0.29, 0.717) is 23.4 Å². The van der Waals surface area contributed by atoms with Crippen LogP contribution in [0.1, 0.15) is 38.2 Å². The topological polar surface area (TPSA) is 58.6 Å². The van der Waals surface area contributed by atoms with Crippen molar-refractivity contribution in [3.05, 3.63) is 54.1 Å². The van der Waals surface area contributed by atoms with E-state index in [1.165, 1.54) is 0 Å². The van der Waals surface area contributed by atoms with Crippen molar-refractivity contribution in [3.8, 4) is 11.5 Å². The standard InChI is InChI=1S/C19H21NO3/c1-2-3-6-12-19(14-8-7-9-15(21)13-14)18(22)20-16-10-4-5-11-17(16)23-19/h4-5,7-11,13,21H,2-3,6,12H2,1H3,(H,20,22). The van der Waals surface area contributed by atoms with Gasteiger partial charge in [0, 0.05) is 12.0 Å². The molecular weight excluding hydrogens is 290 g/mol. The van der Waals surface area contributed by atoms with Crippen molar-refractivity contribution in [1.82, 2.24) is 0 Å². The average Bonchev–Trinajstić information content (AvgIpc) is 2.55. The van der Waals surface area contributed by atoms with Crippen LogP contribution in [0.15, 0.2) is 48.5 Å². The summed E-state index contributed by atoms with van der Waals surface area (Å²) in [7, 11) is 0. The summed E-state index contributed by atoms with van der Waals surface area (Å²) in [5.41, 5.74) is 0.270. The van der Waals surface area contributed by atoms with Gasteiger partial charge in [-0.2, -0.15) is 0 Å². The smallest absolute Gasteiger partial charge is 0.273 e. The molecule has 2 aromatic rings. The summed E-state index contributed by atoms with van der Waals surface area (Å²) in [5.74, 6) is 0.609. The number of nitrogens with one attached hydrogen (secondary N) is 1. The second-order valence-electron chi connectivity index (χ2n) is 5.89. The van der Waals surface area contributed by atoms with E-state index in [2.05, 4.69) is 12.2 Å². The number of para-hydroxylation sites is 2. The molecule has 0 fully saturated rings. The molecule has 0 saturated heterocycles. The first-order valence-electron chi connectivity index (χ1n) is 8.05. The normalized spacial score (nSPS) is 19.6. The lowest BCUT2D eigenvalue weighted by Crippen LogP contribution is -2.48. The van der Waals surface area contributed by atoms with Crippen LogP contribution in [-0.2, 0) is 10.4 Å². The maximum absolute atomic E-state index is 12.9. The summed E-state index contributed by atoms with van der Waals surface area (Å²) < 4.78 is 6.20. The summed E-state index contributed by atoms with van der Waals surface area (Å²) >= 11 is 0. The minimum absolute atomic E-state index is 0.132. The lowest BCUT2D eigenvalue weighted by molar-refractivity contribution is -0.134. The van der Waals surface area contributed by atoms with Crippen molar-refractivity contribution in [1.29, 1.82) is 0 Å². The van der Waals surface area contributed by atoms with Gasteiger partial charge in [0.05, 0.1) is 5.69 Å². The maximum Gasteiger partial charge on any atom is 0.273 e. The number of phenols is 1. The molecule has 0 aliphatic carbocycles. The molecule has 0 radical (unpaired) electrons. The van der Waals surface area contributed by atoms with Crippen LogP contribution in [0.5, 0.6) is 11.5 Å². The van der Waals surface area contributed by atoms with E-state index in [9.17, 15) is 9.90 Å². The van der Waals surface area contributed by atoms with Gasteiger partial charge in [0.15, 0.2) is 0 Å². The molecule has 2 aromatic carbocycles. The fourth-order valence-corrected chi connectivity index (χ4v) is 3.00.